The van der Waals surface area contributed by atoms with Gasteiger partial charge in [0.25, 0.3) is 0 Å². The van der Waals surface area contributed by atoms with Crippen molar-refractivity contribution in [2.24, 2.45) is 5.92 Å². The smallest absolute Gasteiger partial charge is 0.228 e. The Morgan fingerprint density at radius 3 is 2.74 bits per heavy atom. The number of carbonyl (C=O) groups excluding carboxylic acids is 1. The molecule has 104 valence electrons. The summed E-state index contributed by atoms with van der Waals surface area (Å²) in [6.45, 7) is 5.26. The molecule has 0 bridgehead atoms. The van der Waals surface area contributed by atoms with Gasteiger partial charge in [0, 0.05) is 19.1 Å². The summed E-state index contributed by atoms with van der Waals surface area (Å²) in [5.41, 5.74) is 0. The Bertz CT molecular complexity index is 413. The summed E-state index contributed by atoms with van der Waals surface area (Å²) >= 11 is 0. The molecule has 1 atom stereocenters. The third-order valence-electron chi connectivity index (χ3n) is 2.98. The minimum absolute atomic E-state index is 0.0608. The summed E-state index contributed by atoms with van der Waals surface area (Å²) in [6.07, 6.45) is 2.48. The second-order valence-corrected chi connectivity index (χ2v) is 4.96. The van der Waals surface area contributed by atoms with Crippen LogP contribution in [0.15, 0.2) is 12.1 Å². The molecular weight excluding hydrogens is 244 g/mol. The van der Waals surface area contributed by atoms with Gasteiger partial charge < -0.3 is 15.4 Å². The SMILES string of the molecule is CC(C)C(=O)Nc1ccc(NCC2CCCO2)nn1. The molecule has 0 aromatic carbocycles. The molecule has 6 heteroatoms. The van der Waals surface area contributed by atoms with Crippen LogP contribution in [-0.4, -0.2) is 35.4 Å². The van der Waals surface area contributed by atoms with Gasteiger partial charge in [-0.2, -0.15) is 0 Å². The Kier molecular flexibility index (Phi) is 4.68. The van der Waals surface area contributed by atoms with Gasteiger partial charge in [0.15, 0.2) is 5.82 Å². The van der Waals surface area contributed by atoms with Crippen molar-refractivity contribution >= 4 is 17.5 Å². The minimum Gasteiger partial charge on any atom is -0.376 e. The predicted octanol–water partition coefficient (Wildman–Crippen LogP) is 1.66. The summed E-state index contributed by atoms with van der Waals surface area (Å²) in [6, 6.07) is 3.54. The number of rotatable bonds is 5. The van der Waals surface area contributed by atoms with Crippen molar-refractivity contribution in [3.63, 3.8) is 0 Å². The molecular formula is C13H20N4O2. The zero-order chi connectivity index (χ0) is 13.7. The molecule has 0 saturated carbocycles. The van der Waals surface area contributed by atoms with Gasteiger partial charge in [0.2, 0.25) is 5.91 Å². The number of amides is 1. The molecule has 1 saturated heterocycles. The van der Waals surface area contributed by atoms with Crippen molar-refractivity contribution in [3.8, 4) is 0 Å². The van der Waals surface area contributed by atoms with Crippen LogP contribution in [0.1, 0.15) is 26.7 Å². The molecule has 6 nitrogen and oxygen atoms in total. The van der Waals surface area contributed by atoms with E-state index in [4.69, 9.17) is 4.74 Å². The maximum absolute atomic E-state index is 11.5. The highest BCUT2D eigenvalue weighted by Gasteiger charge is 2.15. The minimum atomic E-state index is -0.0703. The van der Waals surface area contributed by atoms with Crippen LogP contribution in [0.3, 0.4) is 0 Å². The van der Waals surface area contributed by atoms with Gasteiger partial charge in [0.1, 0.15) is 5.82 Å². The molecule has 1 aliphatic heterocycles. The number of anilines is 2. The first kappa shape index (κ1) is 13.7. The first-order valence-electron chi connectivity index (χ1n) is 6.65. The maximum Gasteiger partial charge on any atom is 0.228 e. The Morgan fingerprint density at radius 2 is 2.16 bits per heavy atom. The lowest BCUT2D eigenvalue weighted by Crippen LogP contribution is -2.20. The van der Waals surface area contributed by atoms with Gasteiger partial charge in [-0.1, -0.05) is 13.8 Å². The van der Waals surface area contributed by atoms with E-state index >= 15 is 0 Å². The van der Waals surface area contributed by atoms with Crippen LogP contribution >= 0.6 is 0 Å². The normalized spacial score (nSPS) is 18.6. The van der Waals surface area contributed by atoms with Gasteiger partial charge in [-0.05, 0) is 25.0 Å². The molecule has 1 aromatic rings. The lowest BCUT2D eigenvalue weighted by Gasteiger charge is -2.11. The first-order chi connectivity index (χ1) is 9.15. The largest absolute Gasteiger partial charge is 0.376 e. The molecule has 1 fully saturated rings. The van der Waals surface area contributed by atoms with Crippen LogP contribution in [0.5, 0.6) is 0 Å². The van der Waals surface area contributed by atoms with Gasteiger partial charge in [-0.15, -0.1) is 10.2 Å². The zero-order valence-corrected chi connectivity index (χ0v) is 11.3. The standard InChI is InChI=1S/C13H20N4O2/c1-9(2)13(18)15-12-6-5-11(16-17-12)14-8-10-4-3-7-19-10/h5-6,9-10H,3-4,7-8H2,1-2H3,(H,14,16)(H,15,17,18). The van der Waals surface area contributed by atoms with E-state index in [0.29, 0.717) is 11.6 Å². The second kappa shape index (κ2) is 6.47. The van der Waals surface area contributed by atoms with E-state index in [1.54, 1.807) is 12.1 Å². The predicted molar refractivity (Wildman–Crippen MR) is 73.0 cm³/mol. The number of nitrogens with zero attached hydrogens (tertiary/aromatic N) is 2. The van der Waals surface area contributed by atoms with E-state index in [1.165, 1.54) is 0 Å². The Morgan fingerprint density at radius 1 is 1.42 bits per heavy atom. The number of aromatic nitrogens is 2. The third kappa shape index (κ3) is 4.17. The molecule has 1 aliphatic rings. The summed E-state index contributed by atoms with van der Waals surface area (Å²) in [5.74, 6) is 1.04. The van der Waals surface area contributed by atoms with Crippen LogP contribution in [0, 0.1) is 5.92 Å². The van der Waals surface area contributed by atoms with E-state index in [1.807, 2.05) is 13.8 Å². The lowest BCUT2D eigenvalue weighted by atomic mass is 10.2. The Hall–Kier alpha value is -1.69. The monoisotopic (exact) mass is 264 g/mol. The molecule has 2 rings (SSSR count). The maximum atomic E-state index is 11.5. The molecule has 2 heterocycles. The zero-order valence-electron chi connectivity index (χ0n) is 11.3. The Labute approximate surface area is 112 Å². The van der Waals surface area contributed by atoms with Crippen molar-refractivity contribution in [2.45, 2.75) is 32.8 Å². The average molecular weight is 264 g/mol. The van der Waals surface area contributed by atoms with E-state index in [0.717, 1.165) is 26.0 Å². The van der Waals surface area contributed by atoms with E-state index < -0.39 is 0 Å². The quantitative estimate of drug-likeness (QED) is 0.846. The van der Waals surface area contributed by atoms with Crippen LogP contribution < -0.4 is 10.6 Å². The van der Waals surface area contributed by atoms with E-state index in [9.17, 15) is 4.79 Å². The van der Waals surface area contributed by atoms with Crippen molar-refractivity contribution < 1.29 is 9.53 Å². The van der Waals surface area contributed by atoms with Crippen LogP contribution in [0.2, 0.25) is 0 Å². The molecule has 0 radical (unpaired) electrons. The van der Waals surface area contributed by atoms with E-state index in [-0.39, 0.29) is 17.9 Å². The van der Waals surface area contributed by atoms with Crippen molar-refractivity contribution in [2.75, 3.05) is 23.8 Å². The number of hydrogen-bond donors (Lipinski definition) is 2. The van der Waals surface area contributed by atoms with Crippen LogP contribution in [0.4, 0.5) is 11.6 Å². The van der Waals surface area contributed by atoms with Crippen molar-refractivity contribution in [1.82, 2.24) is 10.2 Å². The number of carbonyl (C=O) groups is 1. The first-order valence-corrected chi connectivity index (χ1v) is 6.65. The fourth-order valence-corrected chi connectivity index (χ4v) is 1.79. The summed E-state index contributed by atoms with van der Waals surface area (Å²) in [4.78, 5) is 11.5. The van der Waals surface area contributed by atoms with Crippen molar-refractivity contribution in [1.29, 1.82) is 0 Å². The molecule has 0 aliphatic carbocycles. The lowest BCUT2D eigenvalue weighted by molar-refractivity contribution is -0.118. The highest BCUT2D eigenvalue weighted by Crippen LogP contribution is 2.13. The highest BCUT2D eigenvalue weighted by molar-refractivity contribution is 5.91. The third-order valence-corrected chi connectivity index (χ3v) is 2.98. The van der Waals surface area contributed by atoms with Crippen LogP contribution in [0.25, 0.3) is 0 Å². The summed E-state index contributed by atoms with van der Waals surface area (Å²) < 4.78 is 5.51. The number of hydrogen-bond acceptors (Lipinski definition) is 5. The summed E-state index contributed by atoms with van der Waals surface area (Å²) in [5, 5.41) is 13.9. The fourth-order valence-electron chi connectivity index (χ4n) is 1.79. The van der Waals surface area contributed by atoms with E-state index in [2.05, 4.69) is 20.8 Å². The average Bonchev–Trinajstić information content (AvgIpc) is 2.91. The molecule has 1 amide bonds. The number of nitrogens with one attached hydrogen (secondary N) is 2. The van der Waals surface area contributed by atoms with Crippen LogP contribution in [-0.2, 0) is 9.53 Å². The van der Waals surface area contributed by atoms with Gasteiger partial charge >= 0.3 is 0 Å². The fraction of sp³-hybridized carbons (Fsp3) is 0.615. The summed E-state index contributed by atoms with van der Waals surface area (Å²) in [7, 11) is 0. The molecule has 1 aromatic heterocycles. The molecule has 2 N–H and O–H groups in total. The van der Waals surface area contributed by atoms with Gasteiger partial charge in [-0.25, -0.2) is 0 Å². The highest BCUT2D eigenvalue weighted by atomic mass is 16.5. The van der Waals surface area contributed by atoms with Gasteiger partial charge in [-0.3, -0.25) is 4.79 Å². The topological polar surface area (TPSA) is 76.1 Å². The molecule has 19 heavy (non-hydrogen) atoms. The second-order valence-electron chi connectivity index (χ2n) is 4.96. The Balaban J connectivity index is 1.82. The van der Waals surface area contributed by atoms with Crippen molar-refractivity contribution in [3.05, 3.63) is 12.1 Å². The molecule has 1 unspecified atom stereocenters. The molecule has 0 spiro atoms. The number of ether oxygens (including phenoxy) is 1. The van der Waals surface area contributed by atoms with Gasteiger partial charge in [0.05, 0.1) is 6.10 Å².